The number of hydrogen-bond acceptors (Lipinski definition) is 2. The van der Waals surface area contributed by atoms with Crippen molar-refractivity contribution < 1.29 is 9.59 Å². The second kappa shape index (κ2) is 7.77. The monoisotopic (exact) mass is 400 g/mol. The molecule has 2 N–H and O–H groups in total. The van der Waals surface area contributed by atoms with Crippen LogP contribution in [0, 0.1) is 10.5 Å². The fourth-order valence-electron chi connectivity index (χ4n) is 2.62. The summed E-state index contributed by atoms with van der Waals surface area (Å²) in [5.74, 6) is -1.11. The first kappa shape index (κ1) is 16.3. The van der Waals surface area contributed by atoms with Crippen LogP contribution in [0.25, 0.3) is 0 Å². The Balaban J connectivity index is 1.91. The highest BCUT2D eigenvalue weighted by molar-refractivity contribution is 14.1. The van der Waals surface area contributed by atoms with Crippen molar-refractivity contribution in [1.29, 1.82) is 0 Å². The first-order valence-electron chi connectivity index (χ1n) is 7.44. The lowest BCUT2D eigenvalue weighted by Crippen LogP contribution is -2.41. The topological polar surface area (TPSA) is 58.2 Å². The summed E-state index contributed by atoms with van der Waals surface area (Å²) >= 11 is 2.22. The highest BCUT2D eigenvalue weighted by atomic mass is 127. The number of aryl methyl sites for hydroxylation is 1. The van der Waals surface area contributed by atoms with Crippen molar-refractivity contribution >= 4 is 40.1 Å². The van der Waals surface area contributed by atoms with Gasteiger partial charge in [-0.05, 0) is 66.1 Å². The molecule has 0 saturated heterocycles. The van der Waals surface area contributed by atoms with Crippen LogP contribution in [0.5, 0.6) is 0 Å². The third-order valence-electron chi connectivity index (χ3n) is 3.83. The Bertz CT molecular complexity index is 523. The van der Waals surface area contributed by atoms with Gasteiger partial charge in [0.25, 0.3) is 0 Å². The molecule has 0 bridgehead atoms. The lowest BCUT2D eigenvalue weighted by atomic mass is 10.1. The van der Waals surface area contributed by atoms with E-state index in [2.05, 4.69) is 33.2 Å². The molecule has 0 radical (unpaired) electrons. The third-order valence-corrected chi connectivity index (χ3v) is 4.50. The molecule has 1 fully saturated rings. The molecule has 0 heterocycles. The van der Waals surface area contributed by atoms with Gasteiger partial charge in [-0.25, -0.2) is 0 Å². The van der Waals surface area contributed by atoms with Gasteiger partial charge in [-0.3, -0.25) is 9.59 Å². The summed E-state index contributed by atoms with van der Waals surface area (Å²) in [5, 5.41) is 5.55. The number of anilines is 1. The summed E-state index contributed by atoms with van der Waals surface area (Å²) in [7, 11) is 0. The Morgan fingerprint density at radius 3 is 2.38 bits per heavy atom. The SMILES string of the molecule is Cc1cc(I)ccc1NC(=O)C(=O)NC1CCCCCC1. The van der Waals surface area contributed by atoms with Crippen LogP contribution in [0.15, 0.2) is 18.2 Å². The molecule has 1 aromatic carbocycles. The minimum absolute atomic E-state index is 0.142. The number of amides is 2. The lowest BCUT2D eigenvalue weighted by molar-refractivity contribution is -0.136. The second-order valence-electron chi connectivity index (χ2n) is 5.58. The van der Waals surface area contributed by atoms with Crippen LogP contribution in [0.2, 0.25) is 0 Å². The molecular formula is C16H21IN2O2. The van der Waals surface area contributed by atoms with Crippen LogP contribution < -0.4 is 10.6 Å². The summed E-state index contributed by atoms with van der Waals surface area (Å²) < 4.78 is 1.10. The van der Waals surface area contributed by atoms with E-state index in [1.807, 2.05) is 25.1 Å². The van der Waals surface area contributed by atoms with Gasteiger partial charge in [0, 0.05) is 15.3 Å². The molecular weight excluding hydrogens is 379 g/mol. The van der Waals surface area contributed by atoms with Gasteiger partial charge in [0.15, 0.2) is 0 Å². The number of carbonyl (C=O) groups is 2. The molecule has 4 nitrogen and oxygen atoms in total. The zero-order valence-corrected chi connectivity index (χ0v) is 14.4. The van der Waals surface area contributed by atoms with Gasteiger partial charge in [0.1, 0.15) is 0 Å². The van der Waals surface area contributed by atoms with Gasteiger partial charge in [0.2, 0.25) is 0 Å². The molecule has 1 saturated carbocycles. The van der Waals surface area contributed by atoms with E-state index in [0.29, 0.717) is 5.69 Å². The molecule has 1 aliphatic rings. The van der Waals surface area contributed by atoms with E-state index in [9.17, 15) is 9.59 Å². The predicted octanol–water partition coefficient (Wildman–Crippen LogP) is 3.38. The molecule has 114 valence electrons. The second-order valence-corrected chi connectivity index (χ2v) is 6.82. The van der Waals surface area contributed by atoms with E-state index in [1.165, 1.54) is 12.8 Å². The van der Waals surface area contributed by atoms with E-state index >= 15 is 0 Å². The Kier molecular flexibility index (Phi) is 6.02. The van der Waals surface area contributed by atoms with Crippen LogP contribution in [-0.2, 0) is 9.59 Å². The van der Waals surface area contributed by atoms with Gasteiger partial charge in [0.05, 0.1) is 0 Å². The first-order valence-corrected chi connectivity index (χ1v) is 8.52. The Morgan fingerprint density at radius 1 is 1.10 bits per heavy atom. The zero-order valence-electron chi connectivity index (χ0n) is 12.2. The minimum Gasteiger partial charge on any atom is -0.345 e. The van der Waals surface area contributed by atoms with E-state index < -0.39 is 11.8 Å². The van der Waals surface area contributed by atoms with E-state index in [0.717, 1.165) is 34.8 Å². The average molecular weight is 400 g/mol. The van der Waals surface area contributed by atoms with Crippen molar-refractivity contribution in [3.8, 4) is 0 Å². The number of carbonyl (C=O) groups excluding carboxylic acids is 2. The lowest BCUT2D eigenvalue weighted by Gasteiger charge is -2.16. The molecule has 0 spiro atoms. The Labute approximate surface area is 139 Å². The smallest absolute Gasteiger partial charge is 0.313 e. The largest absolute Gasteiger partial charge is 0.345 e. The quantitative estimate of drug-likeness (QED) is 0.454. The summed E-state index contributed by atoms with van der Waals surface area (Å²) in [6, 6.07) is 5.85. The first-order chi connectivity index (χ1) is 10.1. The number of halogens is 1. The fraction of sp³-hybridized carbons (Fsp3) is 0.500. The van der Waals surface area contributed by atoms with Gasteiger partial charge in [-0.2, -0.15) is 0 Å². The van der Waals surface area contributed by atoms with Gasteiger partial charge in [-0.1, -0.05) is 25.7 Å². The van der Waals surface area contributed by atoms with Crippen molar-refractivity contribution in [2.24, 2.45) is 0 Å². The van der Waals surface area contributed by atoms with E-state index in [1.54, 1.807) is 0 Å². The molecule has 0 aliphatic heterocycles. The molecule has 0 unspecified atom stereocenters. The molecule has 2 amide bonds. The molecule has 21 heavy (non-hydrogen) atoms. The predicted molar refractivity (Wildman–Crippen MR) is 92.2 cm³/mol. The molecule has 0 atom stereocenters. The van der Waals surface area contributed by atoms with E-state index in [4.69, 9.17) is 0 Å². The molecule has 1 aliphatic carbocycles. The summed E-state index contributed by atoms with van der Waals surface area (Å²) in [4.78, 5) is 24.0. The third kappa shape index (κ3) is 4.98. The number of hydrogen-bond donors (Lipinski definition) is 2. The van der Waals surface area contributed by atoms with Gasteiger partial charge >= 0.3 is 11.8 Å². The maximum Gasteiger partial charge on any atom is 0.313 e. The number of benzene rings is 1. The van der Waals surface area contributed by atoms with Gasteiger partial charge < -0.3 is 10.6 Å². The maximum atomic E-state index is 12.0. The molecule has 5 heteroatoms. The van der Waals surface area contributed by atoms with Crippen molar-refractivity contribution in [2.75, 3.05) is 5.32 Å². The Morgan fingerprint density at radius 2 is 1.76 bits per heavy atom. The summed E-state index contributed by atoms with van der Waals surface area (Å²) in [6.45, 7) is 1.92. The highest BCUT2D eigenvalue weighted by Crippen LogP contribution is 2.18. The van der Waals surface area contributed by atoms with Gasteiger partial charge in [-0.15, -0.1) is 0 Å². The van der Waals surface area contributed by atoms with Crippen molar-refractivity contribution in [3.05, 3.63) is 27.3 Å². The van der Waals surface area contributed by atoms with Crippen molar-refractivity contribution in [3.63, 3.8) is 0 Å². The maximum absolute atomic E-state index is 12.0. The average Bonchev–Trinajstić information content (AvgIpc) is 2.70. The number of rotatable bonds is 2. The van der Waals surface area contributed by atoms with Crippen LogP contribution in [-0.4, -0.2) is 17.9 Å². The van der Waals surface area contributed by atoms with E-state index in [-0.39, 0.29) is 6.04 Å². The van der Waals surface area contributed by atoms with Crippen LogP contribution in [0.1, 0.15) is 44.1 Å². The number of nitrogens with one attached hydrogen (secondary N) is 2. The van der Waals surface area contributed by atoms with Crippen molar-refractivity contribution in [2.45, 2.75) is 51.5 Å². The highest BCUT2D eigenvalue weighted by Gasteiger charge is 2.20. The zero-order chi connectivity index (χ0) is 15.2. The summed E-state index contributed by atoms with van der Waals surface area (Å²) in [6.07, 6.45) is 6.65. The molecule has 1 aromatic rings. The summed E-state index contributed by atoms with van der Waals surface area (Å²) in [5.41, 5.74) is 1.65. The molecule has 2 rings (SSSR count). The Hall–Kier alpha value is -1.11. The van der Waals surface area contributed by atoms with Crippen molar-refractivity contribution in [1.82, 2.24) is 5.32 Å². The standard InChI is InChI=1S/C16H21IN2O2/c1-11-10-12(17)8-9-14(11)19-16(21)15(20)18-13-6-4-2-3-5-7-13/h8-10,13H,2-7H2,1H3,(H,18,20)(H,19,21). The minimum atomic E-state index is -0.580. The van der Waals surface area contributed by atoms with Crippen LogP contribution in [0.3, 0.4) is 0 Å². The van der Waals surface area contributed by atoms with Crippen LogP contribution >= 0.6 is 22.6 Å². The normalized spacial score (nSPS) is 16.1. The molecule has 0 aromatic heterocycles. The van der Waals surface area contributed by atoms with Crippen LogP contribution in [0.4, 0.5) is 5.69 Å². The fourth-order valence-corrected chi connectivity index (χ4v) is 3.27.